The van der Waals surface area contributed by atoms with Gasteiger partial charge in [-0.1, -0.05) is 13.0 Å². The Hall–Kier alpha value is -2.02. The van der Waals surface area contributed by atoms with Crippen LogP contribution >= 0.6 is 0 Å². The van der Waals surface area contributed by atoms with Gasteiger partial charge in [-0.05, 0) is 24.6 Å². The minimum Gasteiger partial charge on any atom is -0.492 e. The molecule has 0 aromatic heterocycles. The van der Waals surface area contributed by atoms with Crippen molar-refractivity contribution in [1.82, 2.24) is 0 Å². The van der Waals surface area contributed by atoms with Gasteiger partial charge in [0.05, 0.1) is 24.2 Å². The Morgan fingerprint density at radius 2 is 2.31 bits per heavy atom. The lowest BCUT2D eigenvalue weighted by Gasteiger charge is -2.12. The van der Waals surface area contributed by atoms with Crippen molar-refractivity contribution in [2.75, 3.05) is 6.61 Å². The first-order valence-corrected chi connectivity index (χ1v) is 4.97. The number of carbonyl (C=O) groups is 1. The monoisotopic (exact) mass is 218 g/mol. The number of primary amides is 1. The molecule has 0 heterocycles. The molecule has 1 aromatic rings. The average Bonchev–Trinajstić information content (AvgIpc) is 2.27. The third-order valence-corrected chi connectivity index (χ3v) is 2.29. The first kappa shape index (κ1) is 12.1. The summed E-state index contributed by atoms with van der Waals surface area (Å²) >= 11 is 0. The quantitative estimate of drug-likeness (QED) is 0.829. The molecule has 1 unspecified atom stereocenters. The second-order valence-electron chi connectivity index (χ2n) is 3.71. The van der Waals surface area contributed by atoms with Crippen molar-refractivity contribution in [3.63, 3.8) is 0 Å². The van der Waals surface area contributed by atoms with Crippen LogP contribution in [0.15, 0.2) is 18.2 Å². The second kappa shape index (κ2) is 5.17. The topological polar surface area (TPSA) is 76.1 Å². The standard InChI is InChI=1S/C12H14N2O2/c1-8-3-4-10(6-13)5-11(8)16-7-9(2)12(14)15/h3-5,9H,7H2,1-2H3,(H2,14,15). The van der Waals surface area contributed by atoms with Crippen LogP contribution in [0, 0.1) is 24.2 Å². The van der Waals surface area contributed by atoms with Crippen LogP contribution < -0.4 is 10.5 Å². The summed E-state index contributed by atoms with van der Waals surface area (Å²) in [6, 6.07) is 7.22. The molecule has 4 nitrogen and oxygen atoms in total. The second-order valence-corrected chi connectivity index (χ2v) is 3.71. The van der Waals surface area contributed by atoms with Gasteiger partial charge in [0.15, 0.2) is 0 Å². The Kier molecular flexibility index (Phi) is 3.90. The van der Waals surface area contributed by atoms with E-state index in [1.807, 2.05) is 19.1 Å². The normalized spacial score (nSPS) is 11.6. The first-order chi connectivity index (χ1) is 7.54. The Labute approximate surface area is 94.6 Å². The van der Waals surface area contributed by atoms with Gasteiger partial charge < -0.3 is 10.5 Å². The minimum absolute atomic E-state index is 0.227. The molecular formula is C12H14N2O2. The van der Waals surface area contributed by atoms with Crippen LogP contribution in [0.4, 0.5) is 0 Å². The van der Waals surface area contributed by atoms with Gasteiger partial charge in [0.2, 0.25) is 5.91 Å². The number of nitrogens with zero attached hydrogens (tertiary/aromatic N) is 1. The molecule has 0 fully saturated rings. The SMILES string of the molecule is Cc1ccc(C#N)cc1OCC(C)C(N)=O. The molecule has 0 aliphatic rings. The van der Waals surface area contributed by atoms with E-state index < -0.39 is 5.91 Å². The first-order valence-electron chi connectivity index (χ1n) is 4.97. The number of amides is 1. The third kappa shape index (κ3) is 2.99. The van der Waals surface area contributed by atoms with Crippen LogP contribution in [-0.2, 0) is 4.79 Å². The van der Waals surface area contributed by atoms with E-state index >= 15 is 0 Å². The third-order valence-electron chi connectivity index (χ3n) is 2.29. The zero-order valence-corrected chi connectivity index (χ0v) is 9.36. The van der Waals surface area contributed by atoms with Crippen molar-refractivity contribution in [2.45, 2.75) is 13.8 Å². The van der Waals surface area contributed by atoms with Gasteiger partial charge in [0.25, 0.3) is 0 Å². The average molecular weight is 218 g/mol. The summed E-state index contributed by atoms with van der Waals surface area (Å²) in [5.41, 5.74) is 6.58. The summed E-state index contributed by atoms with van der Waals surface area (Å²) in [5.74, 6) is -0.119. The molecule has 0 saturated heterocycles. The van der Waals surface area contributed by atoms with E-state index in [0.717, 1.165) is 5.56 Å². The molecule has 1 amide bonds. The summed E-state index contributed by atoms with van der Waals surface area (Å²) in [5, 5.41) is 8.74. The number of hydrogen-bond donors (Lipinski definition) is 1. The van der Waals surface area contributed by atoms with E-state index in [1.165, 1.54) is 0 Å². The predicted octanol–water partition coefficient (Wildman–Crippen LogP) is 1.37. The van der Waals surface area contributed by atoms with Gasteiger partial charge in [-0.3, -0.25) is 4.79 Å². The van der Waals surface area contributed by atoms with Gasteiger partial charge in [-0.2, -0.15) is 5.26 Å². The van der Waals surface area contributed by atoms with E-state index in [0.29, 0.717) is 11.3 Å². The van der Waals surface area contributed by atoms with E-state index in [-0.39, 0.29) is 12.5 Å². The Balaban J connectivity index is 2.74. The molecule has 0 aliphatic carbocycles. The highest BCUT2D eigenvalue weighted by Crippen LogP contribution is 2.19. The number of hydrogen-bond acceptors (Lipinski definition) is 3. The molecule has 0 saturated carbocycles. The molecule has 1 atom stereocenters. The van der Waals surface area contributed by atoms with Crippen molar-refractivity contribution >= 4 is 5.91 Å². The molecule has 4 heteroatoms. The molecule has 1 aromatic carbocycles. The van der Waals surface area contributed by atoms with E-state index in [9.17, 15) is 4.79 Å². The van der Waals surface area contributed by atoms with Gasteiger partial charge in [-0.25, -0.2) is 0 Å². The van der Waals surface area contributed by atoms with Crippen LogP contribution in [0.2, 0.25) is 0 Å². The van der Waals surface area contributed by atoms with Crippen LogP contribution in [0.25, 0.3) is 0 Å². The highest BCUT2D eigenvalue weighted by Gasteiger charge is 2.10. The lowest BCUT2D eigenvalue weighted by molar-refractivity contribution is -0.122. The molecule has 0 radical (unpaired) electrons. The Bertz CT molecular complexity index is 435. The smallest absolute Gasteiger partial charge is 0.223 e. The largest absolute Gasteiger partial charge is 0.492 e. The maximum absolute atomic E-state index is 10.8. The van der Waals surface area contributed by atoms with Gasteiger partial charge >= 0.3 is 0 Å². The lowest BCUT2D eigenvalue weighted by Crippen LogP contribution is -2.25. The van der Waals surface area contributed by atoms with E-state index in [2.05, 4.69) is 0 Å². The molecule has 84 valence electrons. The maximum Gasteiger partial charge on any atom is 0.223 e. The van der Waals surface area contributed by atoms with Crippen LogP contribution in [-0.4, -0.2) is 12.5 Å². The molecule has 0 spiro atoms. The Morgan fingerprint density at radius 1 is 1.62 bits per heavy atom. The van der Waals surface area contributed by atoms with Gasteiger partial charge in [0.1, 0.15) is 5.75 Å². The molecule has 2 N–H and O–H groups in total. The van der Waals surface area contributed by atoms with Gasteiger partial charge in [-0.15, -0.1) is 0 Å². The highest BCUT2D eigenvalue weighted by atomic mass is 16.5. The molecule has 1 rings (SSSR count). The van der Waals surface area contributed by atoms with E-state index in [1.54, 1.807) is 19.1 Å². The molecule has 0 bridgehead atoms. The fourth-order valence-electron chi connectivity index (χ4n) is 1.12. The number of aryl methyl sites for hydroxylation is 1. The number of nitriles is 1. The van der Waals surface area contributed by atoms with Crippen molar-refractivity contribution in [3.8, 4) is 11.8 Å². The van der Waals surface area contributed by atoms with Crippen molar-refractivity contribution in [3.05, 3.63) is 29.3 Å². The van der Waals surface area contributed by atoms with Crippen LogP contribution in [0.5, 0.6) is 5.75 Å². The molecule has 0 aliphatic heterocycles. The number of nitrogens with two attached hydrogens (primary N) is 1. The minimum atomic E-state index is -0.394. The summed E-state index contributed by atoms with van der Waals surface area (Å²) in [6.07, 6.45) is 0. The molecule has 16 heavy (non-hydrogen) atoms. The highest BCUT2D eigenvalue weighted by molar-refractivity contribution is 5.76. The number of ether oxygens (including phenoxy) is 1. The van der Waals surface area contributed by atoms with Crippen molar-refractivity contribution < 1.29 is 9.53 Å². The number of rotatable bonds is 4. The zero-order valence-electron chi connectivity index (χ0n) is 9.36. The van der Waals surface area contributed by atoms with E-state index in [4.69, 9.17) is 15.7 Å². The number of carbonyl (C=O) groups excluding carboxylic acids is 1. The number of benzene rings is 1. The summed E-state index contributed by atoms with van der Waals surface area (Å²) in [6.45, 7) is 3.81. The molecular weight excluding hydrogens is 204 g/mol. The summed E-state index contributed by atoms with van der Waals surface area (Å²) < 4.78 is 5.45. The van der Waals surface area contributed by atoms with Crippen molar-refractivity contribution in [1.29, 1.82) is 5.26 Å². The van der Waals surface area contributed by atoms with Crippen molar-refractivity contribution in [2.24, 2.45) is 11.7 Å². The van der Waals surface area contributed by atoms with Crippen LogP contribution in [0.1, 0.15) is 18.1 Å². The zero-order chi connectivity index (χ0) is 12.1. The summed E-state index contributed by atoms with van der Waals surface area (Å²) in [7, 11) is 0. The van der Waals surface area contributed by atoms with Gasteiger partial charge in [0, 0.05) is 0 Å². The van der Waals surface area contributed by atoms with Crippen LogP contribution in [0.3, 0.4) is 0 Å². The lowest BCUT2D eigenvalue weighted by atomic mass is 10.1. The fourth-order valence-corrected chi connectivity index (χ4v) is 1.12. The summed E-state index contributed by atoms with van der Waals surface area (Å²) in [4.78, 5) is 10.8. The maximum atomic E-state index is 10.8. The predicted molar refractivity (Wildman–Crippen MR) is 59.7 cm³/mol. The Morgan fingerprint density at radius 3 is 2.88 bits per heavy atom. The fraction of sp³-hybridized carbons (Fsp3) is 0.333.